The second kappa shape index (κ2) is 42.8. The van der Waals surface area contributed by atoms with Crippen molar-refractivity contribution in [2.75, 3.05) is 6.61 Å². The van der Waals surface area contributed by atoms with Crippen molar-refractivity contribution in [2.45, 2.75) is 238 Å². The number of allylic oxidation sites excluding steroid dienone is 1. The zero-order valence-electron chi connectivity index (χ0n) is 29.5. The van der Waals surface area contributed by atoms with Crippen molar-refractivity contribution >= 4 is 0 Å². The molecule has 0 aliphatic carbocycles. The SMILES string of the molecule is C=CCCCCCCCCCCCCCCCCCC.CCCCCCCCCCCCCCCCCCC(O)CO. The van der Waals surface area contributed by atoms with Crippen LogP contribution in [0.25, 0.3) is 0 Å². The molecule has 2 N–H and O–H groups in total. The van der Waals surface area contributed by atoms with Crippen LogP contribution in [0.5, 0.6) is 0 Å². The summed E-state index contributed by atoms with van der Waals surface area (Å²) in [5.74, 6) is 0. The van der Waals surface area contributed by atoms with E-state index in [0.29, 0.717) is 0 Å². The Kier molecular flexibility index (Phi) is 44.6. The van der Waals surface area contributed by atoms with Crippen molar-refractivity contribution in [3.8, 4) is 0 Å². The van der Waals surface area contributed by atoms with Gasteiger partial charge in [-0.2, -0.15) is 0 Å². The Morgan fingerprint density at radius 2 is 0.643 bits per heavy atom. The summed E-state index contributed by atoms with van der Waals surface area (Å²) in [5, 5.41) is 17.9. The molecule has 0 amide bonds. The maximum absolute atomic E-state index is 9.22. The van der Waals surface area contributed by atoms with Crippen LogP contribution in [0.1, 0.15) is 232 Å². The van der Waals surface area contributed by atoms with Crippen LogP contribution >= 0.6 is 0 Å². The van der Waals surface area contributed by atoms with Crippen LogP contribution in [-0.4, -0.2) is 22.9 Å². The number of aliphatic hydroxyl groups is 2. The summed E-state index contributed by atoms with van der Waals surface area (Å²) in [6, 6.07) is 0. The van der Waals surface area contributed by atoms with Crippen molar-refractivity contribution in [3.05, 3.63) is 12.7 Å². The molecule has 0 bridgehead atoms. The minimum Gasteiger partial charge on any atom is -0.394 e. The summed E-state index contributed by atoms with van der Waals surface area (Å²) >= 11 is 0. The van der Waals surface area contributed by atoms with Crippen molar-refractivity contribution in [2.24, 2.45) is 0 Å². The fourth-order valence-corrected chi connectivity index (χ4v) is 5.86. The largest absolute Gasteiger partial charge is 0.394 e. The lowest BCUT2D eigenvalue weighted by Crippen LogP contribution is -2.10. The molecule has 254 valence electrons. The molecule has 0 heterocycles. The summed E-state index contributed by atoms with van der Waals surface area (Å²) in [7, 11) is 0. The summed E-state index contributed by atoms with van der Waals surface area (Å²) in [6.07, 6.45) is 48.6. The Morgan fingerprint density at radius 1 is 0.405 bits per heavy atom. The Morgan fingerprint density at radius 3 is 0.881 bits per heavy atom. The van der Waals surface area contributed by atoms with Gasteiger partial charge in [-0.3, -0.25) is 0 Å². The lowest BCUT2D eigenvalue weighted by molar-refractivity contribution is 0.0860. The van der Waals surface area contributed by atoms with E-state index in [0.717, 1.165) is 12.8 Å². The Hall–Kier alpha value is -0.340. The maximum Gasteiger partial charge on any atom is 0.0770 e. The van der Waals surface area contributed by atoms with Crippen LogP contribution in [0.15, 0.2) is 12.7 Å². The minimum absolute atomic E-state index is 0.0846. The van der Waals surface area contributed by atoms with Gasteiger partial charge in [0.1, 0.15) is 0 Å². The first-order valence-electron chi connectivity index (χ1n) is 19.6. The molecule has 0 aromatic rings. The molecule has 2 nitrogen and oxygen atoms in total. The van der Waals surface area contributed by atoms with Gasteiger partial charge in [-0.05, 0) is 19.3 Å². The van der Waals surface area contributed by atoms with Gasteiger partial charge in [0.2, 0.25) is 0 Å². The molecule has 1 unspecified atom stereocenters. The third-order valence-corrected chi connectivity index (χ3v) is 8.86. The van der Waals surface area contributed by atoms with Gasteiger partial charge in [0.25, 0.3) is 0 Å². The minimum atomic E-state index is -0.494. The standard InChI is InChI=1S/C20H42O2.C20H40/c1-2-3-4-5-6-7-8-9-10-11-12-13-14-15-16-17-18-20(22)19-21;1-3-5-7-9-11-13-15-17-19-20-18-16-14-12-10-8-6-4-2/h20-22H,2-19H2,1H3;3H,1,4-20H2,2H3. The van der Waals surface area contributed by atoms with Gasteiger partial charge in [0.15, 0.2) is 0 Å². The first kappa shape index (κ1) is 43.8. The van der Waals surface area contributed by atoms with E-state index in [9.17, 15) is 5.11 Å². The fourth-order valence-electron chi connectivity index (χ4n) is 5.86. The number of aliphatic hydroxyl groups excluding tert-OH is 2. The molecule has 0 saturated heterocycles. The van der Waals surface area contributed by atoms with Crippen LogP contribution in [0.2, 0.25) is 0 Å². The highest BCUT2D eigenvalue weighted by molar-refractivity contribution is 4.65. The third kappa shape index (κ3) is 44.1. The molecule has 0 fully saturated rings. The highest BCUT2D eigenvalue weighted by Gasteiger charge is 2.00. The molecule has 0 saturated carbocycles. The smallest absolute Gasteiger partial charge is 0.0770 e. The van der Waals surface area contributed by atoms with Crippen molar-refractivity contribution in [3.63, 3.8) is 0 Å². The molecule has 0 aliphatic rings. The lowest BCUT2D eigenvalue weighted by atomic mass is 10.0. The maximum atomic E-state index is 9.22. The molecule has 2 heteroatoms. The van der Waals surface area contributed by atoms with Crippen LogP contribution < -0.4 is 0 Å². The second-order valence-corrected chi connectivity index (χ2v) is 13.3. The Bertz CT molecular complexity index is 449. The number of hydrogen-bond acceptors (Lipinski definition) is 2. The van der Waals surface area contributed by atoms with E-state index in [1.54, 1.807) is 0 Å². The predicted molar refractivity (Wildman–Crippen MR) is 192 cm³/mol. The van der Waals surface area contributed by atoms with Crippen molar-refractivity contribution in [1.82, 2.24) is 0 Å². The van der Waals surface area contributed by atoms with Crippen LogP contribution in [0.4, 0.5) is 0 Å². The quantitative estimate of drug-likeness (QED) is 0.0566. The van der Waals surface area contributed by atoms with E-state index in [2.05, 4.69) is 20.4 Å². The average Bonchev–Trinajstić information content (AvgIpc) is 3.00. The normalized spacial score (nSPS) is 11.8. The Labute approximate surface area is 267 Å². The van der Waals surface area contributed by atoms with Gasteiger partial charge < -0.3 is 10.2 Å². The molecule has 1 atom stereocenters. The van der Waals surface area contributed by atoms with E-state index < -0.39 is 6.10 Å². The molecule has 0 aromatic heterocycles. The van der Waals surface area contributed by atoms with Crippen molar-refractivity contribution < 1.29 is 10.2 Å². The number of unbranched alkanes of at least 4 members (excludes halogenated alkanes) is 31. The van der Waals surface area contributed by atoms with Crippen LogP contribution in [0.3, 0.4) is 0 Å². The topological polar surface area (TPSA) is 40.5 Å². The molecule has 0 rings (SSSR count). The summed E-state index contributed by atoms with van der Waals surface area (Å²) in [6.45, 7) is 8.26. The predicted octanol–water partition coefficient (Wildman–Crippen LogP) is 13.8. The van der Waals surface area contributed by atoms with Gasteiger partial charge in [-0.15, -0.1) is 6.58 Å². The van der Waals surface area contributed by atoms with Gasteiger partial charge in [-0.1, -0.05) is 219 Å². The van der Waals surface area contributed by atoms with E-state index in [1.807, 2.05) is 6.08 Å². The monoisotopic (exact) mass is 595 g/mol. The van der Waals surface area contributed by atoms with Crippen LogP contribution in [0, 0.1) is 0 Å². The molecule has 42 heavy (non-hydrogen) atoms. The van der Waals surface area contributed by atoms with Crippen LogP contribution in [-0.2, 0) is 0 Å². The van der Waals surface area contributed by atoms with Gasteiger partial charge in [-0.25, -0.2) is 0 Å². The molecule has 0 aromatic carbocycles. The third-order valence-electron chi connectivity index (χ3n) is 8.86. The van der Waals surface area contributed by atoms with E-state index >= 15 is 0 Å². The molecule has 0 spiro atoms. The number of hydrogen-bond donors (Lipinski definition) is 2. The van der Waals surface area contributed by atoms with Gasteiger partial charge >= 0.3 is 0 Å². The second-order valence-electron chi connectivity index (χ2n) is 13.3. The highest BCUT2D eigenvalue weighted by atomic mass is 16.3. The molecule has 0 aliphatic heterocycles. The summed E-state index contributed by atoms with van der Waals surface area (Å²) in [5.41, 5.74) is 0. The van der Waals surface area contributed by atoms with Crippen molar-refractivity contribution in [1.29, 1.82) is 0 Å². The Balaban J connectivity index is 0. The summed E-state index contributed by atoms with van der Waals surface area (Å²) in [4.78, 5) is 0. The average molecular weight is 595 g/mol. The highest BCUT2D eigenvalue weighted by Crippen LogP contribution is 2.15. The fraction of sp³-hybridized carbons (Fsp3) is 0.950. The summed E-state index contributed by atoms with van der Waals surface area (Å²) < 4.78 is 0. The van der Waals surface area contributed by atoms with Gasteiger partial charge in [0, 0.05) is 0 Å². The first-order valence-corrected chi connectivity index (χ1v) is 19.6. The molecular weight excluding hydrogens is 512 g/mol. The van der Waals surface area contributed by atoms with E-state index in [-0.39, 0.29) is 6.61 Å². The first-order chi connectivity index (χ1) is 20.7. The molecule has 0 radical (unpaired) electrons. The zero-order valence-corrected chi connectivity index (χ0v) is 29.5. The van der Waals surface area contributed by atoms with E-state index in [4.69, 9.17) is 5.11 Å². The van der Waals surface area contributed by atoms with E-state index in [1.165, 1.54) is 205 Å². The zero-order chi connectivity index (χ0) is 31.0. The van der Waals surface area contributed by atoms with Gasteiger partial charge in [0.05, 0.1) is 12.7 Å². The number of rotatable bonds is 35. The molecular formula is C40H82O2. The lowest BCUT2D eigenvalue weighted by Gasteiger charge is -2.06.